The summed E-state index contributed by atoms with van der Waals surface area (Å²) in [5.41, 5.74) is 1.10. The Kier molecular flexibility index (Phi) is 5.98. The Bertz CT molecular complexity index is 540. The van der Waals surface area contributed by atoms with Crippen molar-refractivity contribution in [1.82, 2.24) is 0 Å². The molecule has 0 N–H and O–H groups in total. The molecule has 1 heteroatoms. The van der Waals surface area contributed by atoms with Crippen molar-refractivity contribution in [2.45, 2.75) is 118 Å². The van der Waals surface area contributed by atoms with E-state index < -0.39 is 0 Å². The Morgan fingerprint density at radius 3 is 2.29 bits per heavy atom. The summed E-state index contributed by atoms with van der Waals surface area (Å²) in [7, 11) is 0. The molecule has 161 valence electrons. The predicted molar refractivity (Wildman–Crippen MR) is 118 cm³/mol. The summed E-state index contributed by atoms with van der Waals surface area (Å²) in [6.45, 7) is 12.6. The van der Waals surface area contributed by atoms with Gasteiger partial charge >= 0.3 is 0 Å². The number of fused-ring (bicyclic) bond motifs is 5. The van der Waals surface area contributed by atoms with E-state index >= 15 is 0 Å². The minimum Gasteiger partial charge on any atom is -0.233 e. The van der Waals surface area contributed by atoms with Crippen molar-refractivity contribution < 1.29 is 5.11 Å². The fourth-order valence-electron chi connectivity index (χ4n) is 9.24. The average Bonchev–Trinajstić information content (AvgIpc) is 2.99. The van der Waals surface area contributed by atoms with Gasteiger partial charge in [-0.05, 0) is 110 Å². The molecular formula is C27H47O. The molecule has 4 fully saturated rings. The van der Waals surface area contributed by atoms with E-state index in [4.69, 9.17) is 0 Å². The lowest BCUT2D eigenvalue weighted by atomic mass is 9.44. The highest BCUT2D eigenvalue weighted by Gasteiger charge is 2.60. The number of hydrogen-bond acceptors (Lipinski definition) is 0. The molecule has 9 atom stereocenters. The van der Waals surface area contributed by atoms with Gasteiger partial charge in [-0.3, -0.25) is 0 Å². The van der Waals surface area contributed by atoms with Crippen LogP contribution in [0, 0.1) is 52.3 Å². The highest BCUT2D eigenvalue weighted by atomic mass is 16.3. The van der Waals surface area contributed by atoms with Gasteiger partial charge in [0, 0.05) is 0 Å². The molecule has 0 aromatic rings. The first kappa shape index (κ1) is 21.2. The zero-order chi connectivity index (χ0) is 20.1. The number of rotatable bonds is 5. The first-order chi connectivity index (χ1) is 13.3. The Balaban J connectivity index is 1.46. The maximum absolute atomic E-state index is 12.2. The fourth-order valence-corrected chi connectivity index (χ4v) is 9.24. The van der Waals surface area contributed by atoms with E-state index in [1.165, 1.54) is 64.2 Å². The van der Waals surface area contributed by atoms with Gasteiger partial charge in [0.1, 0.15) is 0 Å². The van der Waals surface area contributed by atoms with E-state index in [1.54, 1.807) is 0 Å². The van der Waals surface area contributed by atoms with Crippen molar-refractivity contribution in [3.63, 3.8) is 0 Å². The van der Waals surface area contributed by atoms with Crippen LogP contribution in [0.25, 0.3) is 0 Å². The van der Waals surface area contributed by atoms with Gasteiger partial charge < -0.3 is 0 Å². The highest BCUT2D eigenvalue weighted by Crippen LogP contribution is 2.68. The Labute approximate surface area is 175 Å². The molecule has 4 aliphatic rings. The summed E-state index contributed by atoms with van der Waals surface area (Å²) >= 11 is 0. The minimum atomic E-state index is -0.258. The van der Waals surface area contributed by atoms with Crippen LogP contribution in [-0.2, 0) is 5.11 Å². The van der Waals surface area contributed by atoms with E-state index in [0.717, 1.165) is 54.3 Å². The topological polar surface area (TPSA) is 19.9 Å². The lowest BCUT2D eigenvalue weighted by molar-refractivity contribution is -0.136. The smallest absolute Gasteiger partial charge is 0.0933 e. The third-order valence-electron chi connectivity index (χ3n) is 10.8. The second-order valence-electron chi connectivity index (χ2n) is 12.6. The van der Waals surface area contributed by atoms with Crippen LogP contribution >= 0.6 is 0 Å². The summed E-state index contributed by atoms with van der Waals surface area (Å²) < 4.78 is 0. The van der Waals surface area contributed by atoms with Crippen molar-refractivity contribution in [1.29, 1.82) is 0 Å². The predicted octanol–water partition coefficient (Wildman–Crippen LogP) is 7.91. The molecule has 0 aromatic carbocycles. The number of hydrogen-bond donors (Lipinski definition) is 0. The summed E-state index contributed by atoms with van der Waals surface area (Å²) in [4.78, 5) is 0. The van der Waals surface area contributed by atoms with Crippen molar-refractivity contribution in [3.8, 4) is 0 Å². The minimum absolute atomic E-state index is 0.258. The summed E-state index contributed by atoms with van der Waals surface area (Å²) in [5.74, 6) is 6.34. The van der Waals surface area contributed by atoms with Gasteiger partial charge in [0.25, 0.3) is 0 Å². The van der Waals surface area contributed by atoms with E-state index in [1.807, 2.05) is 0 Å². The largest absolute Gasteiger partial charge is 0.233 e. The Morgan fingerprint density at radius 1 is 0.821 bits per heavy atom. The first-order valence-corrected chi connectivity index (χ1v) is 12.9. The molecule has 0 saturated heterocycles. The van der Waals surface area contributed by atoms with Gasteiger partial charge in [0.05, 0.1) is 6.10 Å². The van der Waals surface area contributed by atoms with Crippen molar-refractivity contribution in [3.05, 3.63) is 0 Å². The molecule has 4 aliphatic carbocycles. The quantitative estimate of drug-likeness (QED) is 0.457. The van der Waals surface area contributed by atoms with Gasteiger partial charge in [-0.2, -0.15) is 0 Å². The Morgan fingerprint density at radius 2 is 1.54 bits per heavy atom. The van der Waals surface area contributed by atoms with Gasteiger partial charge in [0.2, 0.25) is 0 Å². The molecule has 1 unspecified atom stereocenters. The third-order valence-corrected chi connectivity index (χ3v) is 10.8. The SMILES string of the molecule is CC(C)CCC[C@@H](C)[C@H]1CC[C@H]2[C@@H]3CCC4C[C@@H]([O])CC[C@]4(C)[C@H]3CC[C@]12C. The van der Waals surface area contributed by atoms with Crippen LogP contribution in [0.5, 0.6) is 0 Å². The summed E-state index contributed by atoms with van der Waals surface area (Å²) in [6.07, 6.45) is 15.9. The highest BCUT2D eigenvalue weighted by molar-refractivity contribution is 5.09. The van der Waals surface area contributed by atoms with E-state index in [0.29, 0.717) is 10.8 Å². The van der Waals surface area contributed by atoms with Crippen LogP contribution in [0.2, 0.25) is 0 Å². The molecule has 0 spiro atoms. The van der Waals surface area contributed by atoms with Gasteiger partial charge in [-0.1, -0.05) is 53.9 Å². The third kappa shape index (κ3) is 3.50. The van der Waals surface area contributed by atoms with Crippen LogP contribution < -0.4 is 0 Å². The molecule has 4 saturated carbocycles. The molecule has 1 nitrogen and oxygen atoms in total. The van der Waals surface area contributed by atoms with Gasteiger partial charge in [-0.15, -0.1) is 0 Å². The second kappa shape index (κ2) is 7.90. The Hall–Kier alpha value is -0.0400. The van der Waals surface area contributed by atoms with E-state index in [2.05, 4.69) is 34.6 Å². The zero-order valence-corrected chi connectivity index (χ0v) is 19.5. The molecule has 28 heavy (non-hydrogen) atoms. The lowest BCUT2D eigenvalue weighted by Gasteiger charge is -2.61. The van der Waals surface area contributed by atoms with Crippen molar-refractivity contribution >= 4 is 0 Å². The normalized spacial score (nSPS) is 49.4. The molecule has 0 amide bonds. The van der Waals surface area contributed by atoms with Crippen LogP contribution in [0.1, 0.15) is 112 Å². The first-order valence-electron chi connectivity index (χ1n) is 12.9. The fraction of sp³-hybridized carbons (Fsp3) is 1.00. The zero-order valence-electron chi connectivity index (χ0n) is 19.5. The molecule has 0 bridgehead atoms. The standard InChI is InChI=1S/C27H47O/c1-18(2)7-6-8-19(3)23-11-12-24-22-10-9-20-17-21(28)13-15-26(20,4)25(22)14-16-27(23,24)5/h18-25H,6-17H2,1-5H3/t19-,20?,21+,22+,23-,24+,25+,26+,27-/m1/s1. The molecule has 0 aliphatic heterocycles. The van der Waals surface area contributed by atoms with Crippen molar-refractivity contribution in [2.75, 3.05) is 0 Å². The maximum atomic E-state index is 12.2. The maximum Gasteiger partial charge on any atom is 0.0933 e. The van der Waals surface area contributed by atoms with Crippen LogP contribution in [0.3, 0.4) is 0 Å². The monoisotopic (exact) mass is 387 g/mol. The van der Waals surface area contributed by atoms with Crippen LogP contribution in [0.4, 0.5) is 0 Å². The van der Waals surface area contributed by atoms with Gasteiger partial charge in [-0.25, -0.2) is 5.11 Å². The molecule has 0 heterocycles. The second-order valence-corrected chi connectivity index (χ2v) is 12.6. The molecular weight excluding hydrogens is 340 g/mol. The van der Waals surface area contributed by atoms with Crippen LogP contribution in [-0.4, -0.2) is 6.10 Å². The van der Waals surface area contributed by atoms with Crippen LogP contribution in [0.15, 0.2) is 0 Å². The lowest BCUT2D eigenvalue weighted by Crippen LogP contribution is -2.54. The van der Waals surface area contributed by atoms with Crippen molar-refractivity contribution in [2.24, 2.45) is 52.3 Å². The molecule has 0 aromatic heterocycles. The van der Waals surface area contributed by atoms with Gasteiger partial charge in [0.15, 0.2) is 0 Å². The van der Waals surface area contributed by atoms with E-state index in [-0.39, 0.29) is 6.10 Å². The summed E-state index contributed by atoms with van der Waals surface area (Å²) in [5, 5.41) is 12.2. The molecule has 4 rings (SSSR count). The average molecular weight is 388 g/mol. The molecule has 1 radical (unpaired) electrons. The van der Waals surface area contributed by atoms with E-state index in [9.17, 15) is 5.11 Å². The summed E-state index contributed by atoms with van der Waals surface area (Å²) in [6, 6.07) is 0.